The Morgan fingerprint density at radius 1 is 1.08 bits per heavy atom. The third-order valence-electron chi connectivity index (χ3n) is 5.24. The van der Waals surface area contributed by atoms with Gasteiger partial charge in [-0.25, -0.2) is 0 Å². The van der Waals surface area contributed by atoms with Crippen molar-refractivity contribution in [3.63, 3.8) is 0 Å². The van der Waals surface area contributed by atoms with Crippen molar-refractivity contribution in [2.24, 2.45) is 11.7 Å². The van der Waals surface area contributed by atoms with Crippen LogP contribution in [0.3, 0.4) is 0 Å². The summed E-state index contributed by atoms with van der Waals surface area (Å²) in [6.45, 7) is 2.92. The number of amides is 3. The zero-order valence-corrected chi connectivity index (χ0v) is 14.7. The maximum atomic E-state index is 12.7. The Balaban J connectivity index is 1.70. The normalized spacial score (nSPS) is 20.1. The summed E-state index contributed by atoms with van der Waals surface area (Å²) < 4.78 is 0. The molecule has 1 aromatic carbocycles. The predicted octanol–water partition coefficient (Wildman–Crippen LogP) is 0.510. The molecule has 0 bridgehead atoms. The van der Waals surface area contributed by atoms with Crippen LogP contribution < -0.4 is 5.73 Å². The fraction of sp³-hybridized carbons (Fsp3) is 0.526. The van der Waals surface area contributed by atoms with Gasteiger partial charge in [0.05, 0.1) is 12.3 Å². The van der Waals surface area contributed by atoms with Crippen molar-refractivity contribution >= 4 is 17.7 Å². The third-order valence-corrected chi connectivity index (χ3v) is 5.24. The molecule has 6 nitrogen and oxygen atoms in total. The van der Waals surface area contributed by atoms with Crippen molar-refractivity contribution in [2.75, 3.05) is 26.2 Å². The summed E-state index contributed by atoms with van der Waals surface area (Å²) in [5, 5.41) is 0. The van der Waals surface area contributed by atoms with Gasteiger partial charge in [0.1, 0.15) is 0 Å². The summed E-state index contributed by atoms with van der Waals surface area (Å²) in [5.74, 6) is -1.10. The molecule has 1 fully saturated rings. The van der Waals surface area contributed by atoms with Crippen molar-refractivity contribution < 1.29 is 14.4 Å². The number of carbonyl (C=O) groups is 3. The van der Waals surface area contributed by atoms with E-state index in [0.717, 1.165) is 18.4 Å². The highest BCUT2D eigenvalue weighted by atomic mass is 16.2. The fourth-order valence-corrected chi connectivity index (χ4v) is 3.73. The smallest absolute Gasteiger partial charge is 0.227 e. The molecule has 1 aliphatic heterocycles. The Morgan fingerprint density at radius 3 is 2.48 bits per heavy atom. The standard InChI is InChI=1S/C19H25N3O3/c1-13(23)21-7-8-22(12-17(11-21)19(20)25)18(24)10-14-5-6-15-3-2-4-16(15)9-14/h5-6,9,17H,2-4,7-8,10-12H2,1H3,(H2,20,25)/t17-/m1/s1. The number of primary amides is 1. The second-order valence-electron chi connectivity index (χ2n) is 7.04. The number of rotatable bonds is 3. The molecule has 3 amide bonds. The minimum atomic E-state index is -0.518. The minimum Gasteiger partial charge on any atom is -0.369 e. The lowest BCUT2D eigenvalue weighted by Crippen LogP contribution is -2.41. The van der Waals surface area contributed by atoms with Gasteiger partial charge >= 0.3 is 0 Å². The first-order valence-corrected chi connectivity index (χ1v) is 8.87. The number of nitrogens with two attached hydrogens (primary N) is 1. The summed E-state index contributed by atoms with van der Waals surface area (Å²) in [7, 11) is 0. The Bertz CT molecular complexity index is 701. The number of aryl methyl sites for hydroxylation is 2. The van der Waals surface area contributed by atoms with Crippen molar-refractivity contribution in [1.82, 2.24) is 9.80 Å². The molecule has 2 aliphatic rings. The van der Waals surface area contributed by atoms with E-state index in [1.807, 2.05) is 6.07 Å². The molecule has 0 aromatic heterocycles. The van der Waals surface area contributed by atoms with Crippen LogP contribution in [0, 0.1) is 5.92 Å². The summed E-state index contributed by atoms with van der Waals surface area (Å²) >= 11 is 0. The molecule has 2 N–H and O–H groups in total. The summed E-state index contributed by atoms with van der Waals surface area (Å²) in [5.41, 5.74) is 9.20. The Hall–Kier alpha value is -2.37. The molecule has 0 spiro atoms. The second kappa shape index (κ2) is 7.25. The molecule has 6 heteroatoms. The van der Waals surface area contributed by atoms with E-state index in [1.165, 1.54) is 24.5 Å². The van der Waals surface area contributed by atoms with Crippen LogP contribution in [-0.4, -0.2) is 53.7 Å². The molecule has 1 saturated heterocycles. The Labute approximate surface area is 148 Å². The van der Waals surface area contributed by atoms with Gasteiger partial charge in [-0.2, -0.15) is 0 Å². The number of benzene rings is 1. The zero-order valence-electron chi connectivity index (χ0n) is 14.7. The van der Waals surface area contributed by atoms with E-state index in [1.54, 1.807) is 9.80 Å². The van der Waals surface area contributed by atoms with Gasteiger partial charge in [0.2, 0.25) is 17.7 Å². The highest BCUT2D eigenvalue weighted by Crippen LogP contribution is 2.23. The molecule has 1 aromatic rings. The van der Waals surface area contributed by atoms with Crippen molar-refractivity contribution in [1.29, 1.82) is 0 Å². The number of hydrogen-bond acceptors (Lipinski definition) is 3. The summed E-state index contributed by atoms with van der Waals surface area (Å²) in [4.78, 5) is 39.3. The lowest BCUT2D eigenvalue weighted by Gasteiger charge is -2.22. The van der Waals surface area contributed by atoms with Crippen LogP contribution in [0.1, 0.15) is 30.0 Å². The number of fused-ring (bicyclic) bond motifs is 1. The van der Waals surface area contributed by atoms with Crippen LogP contribution in [0.25, 0.3) is 0 Å². The Kier molecular flexibility index (Phi) is 5.06. The topological polar surface area (TPSA) is 83.7 Å². The van der Waals surface area contributed by atoms with Crippen molar-refractivity contribution in [3.8, 4) is 0 Å². The third kappa shape index (κ3) is 4.00. The number of carbonyl (C=O) groups excluding carboxylic acids is 3. The summed E-state index contributed by atoms with van der Waals surface area (Å²) in [6.07, 6.45) is 3.70. The molecule has 0 radical (unpaired) electrons. The van der Waals surface area contributed by atoms with E-state index >= 15 is 0 Å². The molecule has 0 unspecified atom stereocenters. The molecule has 1 atom stereocenters. The fourth-order valence-electron chi connectivity index (χ4n) is 3.73. The lowest BCUT2D eigenvalue weighted by molar-refractivity contribution is -0.132. The lowest BCUT2D eigenvalue weighted by atomic mass is 10.0. The van der Waals surface area contributed by atoms with E-state index in [-0.39, 0.29) is 24.9 Å². The molecular weight excluding hydrogens is 318 g/mol. The first-order valence-electron chi connectivity index (χ1n) is 8.87. The SMILES string of the molecule is CC(=O)N1CCN(C(=O)Cc2ccc3c(c2)CCC3)C[C@H](C(N)=O)C1. The van der Waals surface area contributed by atoms with Gasteiger partial charge in [0, 0.05) is 33.1 Å². The maximum Gasteiger partial charge on any atom is 0.227 e. The maximum absolute atomic E-state index is 12.7. The molecule has 1 aliphatic carbocycles. The quantitative estimate of drug-likeness (QED) is 0.868. The number of nitrogens with zero attached hydrogens (tertiary/aromatic N) is 2. The van der Waals surface area contributed by atoms with E-state index in [0.29, 0.717) is 19.5 Å². The van der Waals surface area contributed by atoms with Crippen molar-refractivity contribution in [2.45, 2.75) is 32.6 Å². The Morgan fingerprint density at radius 2 is 1.76 bits per heavy atom. The highest BCUT2D eigenvalue weighted by molar-refractivity contribution is 5.82. The van der Waals surface area contributed by atoms with E-state index in [2.05, 4.69) is 12.1 Å². The van der Waals surface area contributed by atoms with Crippen LogP contribution in [-0.2, 0) is 33.6 Å². The van der Waals surface area contributed by atoms with Crippen molar-refractivity contribution in [3.05, 3.63) is 34.9 Å². The molecule has 134 valence electrons. The average molecular weight is 343 g/mol. The summed E-state index contributed by atoms with van der Waals surface area (Å²) in [6, 6.07) is 6.27. The first-order chi connectivity index (χ1) is 11.9. The predicted molar refractivity (Wildman–Crippen MR) is 93.7 cm³/mol. The highest BCUT2D eigenvalue weighted by Gasteiger charge is 2.29. The zero-order chi connectivity index (χ0) is 18.0. The largest absolute Gasteiger partial charge is 0.369 e. The van der Waals surface area contributed by atoms with E-state index in [9.17, 15) is 14.4 Å². The van der Waals surface area contributed by atoms with Crippen LogP contribution in [0.15, 0.2) is 18.2 Å². The van der Waals surface area contributed by atoms with E-state index in [4.69, 9.17) is 5.73 Å². The molecule has 25 heavy (non-hydrogen) atoms. The average Bonchev–Trinajstić information content (AvgIpc) is 2.89. The van der Waals surface area contributed by atoms with Crippen LogP contribution in [0.2, 0.25) is 0 Å². The van der Waals surface area contributed by atoms with Gasteiger partial charge in [0.25, 0.3) is 0 Å². The van der Waals surface area contributed by atoms with Gasteiger partial charge in [-0.15, -0.1) is 0 Å². The molecule has 0 saturated carbocycles. The second-order valence-corrected chi connectivity index (χ2v) is 7.04. The van der Waals surface area contributed by atoms with Crippen LogP contribution >= 0.6 is 0 Å². The first kappa shape index (κ1) is 17.5. The molecule has 3 rings (SSSR count). The number of hydrogen-bond donors (Lipinski definition) is 1. The minimum absolute atomic E-state index is 0.0189. The van der Waals surface area contributed by atoms with Gasteiger partial charge < -0.3 is 15.5 Å². The van der Waals surface area contributed by atoms with Gasteiger partial charge in [0.15, 0.2) is 0 Å². The van der Waals surface area contributed by atoms with E-state index < -0.39 is 11.8 Å². The van der Waals surface area contributed by atoms with Crippen LogP contribution in [0.5, 0.6) is 0 Å². The van der Waals surface area contributed by atoms with Gasteiger partial charge in [-0.1, -0.05) is 18.2 Å². The monoisotopic (exact) mass is 343 g/mol. The van der Waals surface area contributed by atoms with Crippen LogP contribution in [0.4, 0.5) is 0 Å². The van der Waals surface area contributed by atoms with Gasteiger partial charge in [-0.05, 0) is 36.0 Å². The van der Waals surface area contributed by atoms with Gasteiger partial charge in [-0.3, -0.25) is 14.4 Å². The molecule has 1 heterocycles. The molecular formula is C19H25N3O3.